The number of nitrogens with two attached hydrogens (primary N) is 1. The van der Waals surface area contributed by atoms with E-state index in [1.54, 1.807) is 48.5 Å². The van der Waals surface area contributed by atoms with Crippen LogP contribution in [0.5, 0.6) is 0 Å². The first-order valence-corrected chi connectivity index (χ1v) is 9.98. The second-order valence-electron chi connectivity index (χ2n) is 7.00. The predicted molar refractivity (Wildman–Crippen MR) is 122 cm³/mol. The molecule has 0 fully saturated rings. The Morgan fingerprint density at radius 1 is 0.971 bits per heavy atom. The quantitative estimate of drug-likeness (QED) is 0.506. The van der Waals surface area contributed by atoms with Crippen LogP contribution in [0, 0.1) is 11.3 Å². The molecule has 3 N–H and O–H groups in total. The number of anilines is 2. The van der Waals surface area contributed by atoms with Gasteiger partial charge in [-0.25, -0.2) is 14.4 Å². The van der Waals surface area contributed by atoms with Crippen molar-refractivity contribution < 1.29 is 28.6 Å². The molecule has 174 valence electrons. The van der Waals surface area contributed by atoms with Crippen molar-refractivity contribution in [1.29, 1.82) is 5.26 Å². The summed E-state index contributed by atoms with van der Waals surface area (Å²) in [6.45, 7) is 0. The molecule has 0 aliphatic carbocycles. The van der Waals surface area contributed by atoms with Crippen molar-refractivity contribution in [3.8, 4) is 6.07 Å². The molecule has 0 bridgehead atoms. The highest BCUT2D eigenvalue weighted by Crippen LogP contribution is 2.43. The van der Waals surface area contributed by atoms with E-state index >= 15 is 0 Å². The molecular weight excluding hydrogens is 440 g/mol. The molecule has 0 aromatic heterocycles. The van der Waals surface area contributed by atoms with Gasteiger partial charge in [-0.2, -0.15) is 5.26 Å². The van der Waals surface area contributed by atoms with Gasteiger partial charge in [-0.15, -0.1) is 0 Å². The molecule has 0 saturated carbocycles. The highest BCUT2D eigenvalue weighted by atomic mass is 16.5. The number of rotatable bonds is 5. The number of carbonyl (C=O) groups excluding carboxylic acids is 3. The van der Waals surface area contributed by atoms with Gasteiger partial charge in [0.25, 0.3) is 0 Å². The van der Waals surface area contributed by atoms with Gasteiger partial charge in [0.15, 0.2) is 0 Å². The van der Waals surface area contributed by atoms with E-state index in [-0.39, 0.29) is 28.4 Å². The molecule has 2 aromatic rings. The molecule has 10 nitrogen and oxygen atoms in total. The van der Waals surface area contributed by atoms with E-state index in [0.717, 1.165) is 7.11 Å². The van der Waals surface area contributed by atoms with Crippen molar-refractivity contribution in [3.63, 3.8) is 0 Å². The van der Waals surface area contributed by atoms with E-state index in [9.17, 15) is 19.6 Å². The Balaban J connectivity index is 2.33. The van der Waals surface area contributed by atoms with Crippen LogP contribution in [-0.4, -0.2) is 39.4 Å². The maximum atomic E-state index is 13.0. The number of nitrogens with zero attached hydrogens (tertiary/aromatic N) is 2. The molecule has 0 radical (unpaired) electrons. The lowest BCUT2D eigenvalue weighted by Gasteiger charge is -2.36. The van der Waals surface area contributed by atoms with Crippen molar-refractivity contribution in [1.82, 2.24) is 0 Å². The average molecular weight is 462 g/mol. The summed E-state index contributed by atoms with van der Waals surface area (Å²) in [5.74, 6) is -2.75. The minimum Gasteiger partial charge on any atom is -0.466 e. The lowest BCUT2D eigenvalue weighted by molar-refractivity contribution is -0.139. The average Bonchev–Trinajstić information content (AvgIpc) is 2.87. The van der Waals surface area contributed by atoms with E-state index in [4.69, 9.17) is 15.2 Å². The fraction of sp³-hybridized carbons (Fsp3) is 0.167. The van der Waals surface area contributed by atoms with E-state index in [0.29, 0.717) is 11.3 Å². The Kier molecular flexibility index (Phi) is 7.18. The zero-order chi connectivity index (χ0) is 24.8. The molecule has 0 saturated heterocycles. The van der Waals surface area contributed by atoms with Gasteiger partial charge in [-0.3, -0.25) is 10.2 Å². The molecule has 2 aromatic carbocycles. The lowest BCUT2D eigenvalue weighted by Crippen LogP contribution is -2.40. The largest absolute Gasteiger partial charge is 0.466 e. The summed E-state index contributed by atoms with van der Waals surface area (Å²) in [7, 11) is 3.55. The van der Waals surface area contributed by atoms with Gasteiger partial charge in [0.05, 0.1) is 44.5 Å². The highest BCUT2D eigenvalue weighted by Gasteiger charge is 2.43. The SMILES string of the molecule is COC(=O)Nc1cccc(N2C(N)=C(C#N)C(c3ccccc3)C(C(=O)OC)=C2C(=O)OC)c1. The van der Waals surface area contributed by atoms with Crippen LogP contribution in [0.25, 0.3) is 0 Å². The molecule has 3 rings (SSSR count). The number of methoxy groups -OCH3 is 3. The fourth-order valence-corrected chi connectivity index (χ4v) is 3.67. The van der Waals surface area contributed by atoms with Gasteiger partial charge in [0.1, 0.15) is 11.5 Å². The molecule has 1 aliphatic heterocycles. The zero-order valence-electron chi connectivity index (χ0n) is 18.7. The maximum absolute atomic E-state index is 13.0. The molecule has 34 heavy (non-hydrogen) atoms. The molecule has 0 spiro atoms. The number of benzene rings is 2. The monoisotopic (exact) mass is 462 g/mol. The number of allylic oxidation sites excluding steroid dienone is 1. The van der Waals surface area contributed by atoms with Gasteiger partial charge in [0.2, 0.25) is 0 Å². The number of nitriles is 1. The van der Waals surface area contributed by atoms with Crippen LogP contribution >= 0.6 is 0 Å². The van der Waals surface area contributed by atoms with E-state index in [2.05, 4.69) is 16.1 Å². The zero-order valence-corrected chi connectivity index (χ0v) is 18.7. The number of esters is 2. The Morgan fingerprint density at radius 3 is 2.24 bits per heavy atom. The second kappa shape index (κ2) is 10.2. The minimum absolute atomic E-state index is 0.0329. The molecule has 1 amide bonds. The first kappa shape index (κ1) is 23.9. The van der Waals surface area contributed by atoms with Gasteiger partial charge in [-0.1, -0.05) is 36.4 Å². The second-order valence-corrected chi connectivity index (χ2v) is 7.00. The summed E-state index contributed by atoms with van der Waals surface area (Å²) in [5, 5.41) is 12.6. The number of nitrogens with one attached hydrogen (secondary N) is 1. The minimum atomic E-state index is -0.972. The van der Waals surface area contributed by atoms with E-state index in [1.807, 2.05) is 0 Å². The van der Waals surface area contributed by atoms with Crippen LogP contribution in [0.4, 0.5) is 16.2 Å². The van der Waals surface area contributed by atoms with Gasteiger partial charge in [-0.05, 0) is 23.8 Å². The van der Waals surface area contributed by atoms with Crippen LogP contribution in [-0.2, 0) is 23.8 Å². The Hall–Kier alpha value is -4.78. The van der Waals surface area contributed by atoms with Gasteiger partial charge in [0, 0.05) is 11.4 Å². The first-order valence-electron chi connectivity index (χ1n) is 9.98. The fourth-order valence-electron chi connectivity index (χ4n) is 3.67. The van der Waals surface area contributed by atoms with Crippen LogP contribution in [0.2, 0.25) is 0 Å². The predicted octanol–water partition coefficient (Wildman–Crippen LogP) is 2.76. The number of ether oxygens (including phenoxy) is 3. The smallest absolute Gasteiger partial charge is 0.411 e. The number of hydrogen-bond acceptors (Lipinski definition) is 9. The van der Waals surface area contributed by atoms with Crippen molar-refractivity contribution in [2.24, 2.45) is 5.73 Å². The van der Waals surface area contributed by atoms with Crippen LogP contribution in [0.15, 0.2) is 77.3 Å². The molecule has 1 heterocycles. The summed E-state index contributed by atoms with van der Waals surface area (Å²) in [6.07, 6.45) is -0.708. The van der Waals surface area contributed by atoms with Crippen LogP contribution < -0.4 is 16.0 Å². The summed E-state index contributed by atoms with van der Waals surface area (Å²) in [6, 6.07) is 17.0. The Bertz CT molecular complexity index is 1230. The number of carbonyl (C=O) groups is 3. The standard InChI is InChI=1S/C24H22N4O6/c1-32-22(29)19-18(14-8-5-4-6-9-14)17(13-25)21(26)28(20(19)23(30)33-2)16-11-7-10-15(12-16)27-24(31)34-3/h4-12,18H,26H2,1-3H3,(H,27,31). The summed E-state index contributed by atoms with van der Waals surface area (Å²) >= 11 is 0. The van der Waals surface area contributed by atoms with Gasteiger partial charge < -0.3 is 19.9 Å². The van der Waals surface area contributed by atoms with Crippen LogP contribution in [0.1, 0.15) is 11.5 Å². The van der Waals surface area contributed by atoms with E-state index < -0.39 is 23.9 Å². The number of amides is 1. The Labute approximate surface area is 195 Å². The highest BCUT2D eigenvalue weighted by molar-refractivity contribution is 6.06. The third-order valence-electron chi connectivity index (χ3n) is 5.15. The van der Waals surface area contributed by atoms with Crippen molar-refractivity contribution in [2.75, 3.05) is 31.5 Å². The summed E-state index contributed by atoms with van der Waals surface area (Å²) in [5.41, 5.74) is 7.31. The van der Waals surface area contributed by atoms with E-state index in [1.165, 1.54) is 25.2 Å². The molecule has 1 aliphatic rings. The molecule has 10 heteroatoms. The maximum Gasteiger partial charge on any atom is 0.411 e. The number of hydrogen-bond donors (Lipinski definition) is 2. The van der Waals surface area contributed by atoms with Crippen molar-refractivity contribution >= 4 is 29.4 Å². The molecule has 1 unspecified atom stereocenters. The topological polar surface area (TPSA) is 144 Å². The molecular formula is C24H22N4O6. The summed E-state index contributed by atoms with van der Waals surface area (Å²) < 4.78 is 14.6. The first-order chi connectivity index (χ1) is 16.4. The van der Waals surface area contributed by atoms with Crippen LogP contribution in [0.3, 0.4) is 0 Å². The normalized spacial score (nSPS) is 15.4. The Morgan fingerprint density at radius 2 is 1.65 bits per heavy atom. The summed E-state index contributed by atoms with van der Waals surface area (Å²) in [4.78, 5) is 38.9. The van der Waals surface area contributed by atoms with Crippen molar-refractivity contribution in [3.05, 3.63) is 82.8 Å². The van der Waals surface area contributed by atoms with Crippen molar-refractivity contribution in [2.45, 2.75) is 5.92 Å². The third-order valence-corrected chi connectivity index (χ3v) is 5.15. The lowest BCUT2D eigenvalue weighted by atomic mass is 9.81. The third kappa shape index (κ3) is 4.40. The van der Waals surface area contributed by atoms with Gasteiger partial charge >= 0.3 is 18.0 Å². The molecule has 1 atom stereocenters.